The van der Waals surface area contributed by atoms with Crippen LogP contribution in [0.3, 0.4) is 0 Å². The highest BCUT2D eigenvalue weighted by Crippen LogP contribution is 2.38. The molecule has 0 aliphatic heterocycles. The third-order valence-corrected chi connectivity index (χ3v) is 6.33. The first-order valence-electron chi connectivity index (χ1n) is 13.3. The molecule has 1 amide bonds. The van der Waals surface area contributed by atoms with Gasteiger partial charge in [-0.3, -0.25) is 9.48 Å². The van der Waals surface area contributed by atoms with Gasteiger partial charge in [-0.25, -0.2) is 9.97 Å². The van der Waals surface area contributed by atoms with Gasteiger partial charge in [0.05, 0.1) is 41.1 Å². The van der Waals surface area contributed by atoms with Crippen molar-refractivity contribution < 1.29 is 9.53 Å². The minimum atomic E-state index is -0.298. The zero-order valence-electron chi connectivity index (χ0n) is 24.1. The van der Waals surface area contributed by atoms with Crippen molar-refractivity contribution in [2.24, 2.45) is 7.05 Å². The van der Waals surface area contributed by atoms with Gasteiger partial charge in [-0.15, -0.1) is 0 Å². The number of aromatic nitrogens is 4. The standard InChI is InChI=1S/C30H38N8O2/c1-8-29(39)36-23-15-24(27(40-9-2)17-26(23)37(6)13-12-33-30(3,4)5)35-28-16-22(31-19-32-28)20-10-11-25-21(14-20)18-34-38(25)7/h8,10-11,14-19,33H,1,9,12-13H2,2-7H3,(H,36,39)(H,31,32,35). The molecule has 4 aromatic rings. The van der Waals surface area contributed by atoms with Crippen molar-refractivity contribution in [3.8, 4) is 17.0 Å². The van der Waals surface area contributed by atoms with Gasteiger partial charge in [0.2, 0.25) is 5.91 Å². The summed E-state index contributed by atoms with van der Waals surface area (Å²) in [4.78, 5) is 23.3. The maximum absolute atomic E-state index is 12.3. The van der Waals surface area contributed by atoms with Crippen LogP contribution in [0.5, 0.6) is 5.75 Å². The lowest BCUT2D eigenvalue weighted by atomic mass is 10.1. The van der Waals surface area contributed by atoms with Crippen molar-refractivity contribution in [1.29, 1.82) is 0 Å². The quantitative estimate of drug-likeness (QED) is 0.224. The summed E-state index contributed by atoms with van der Waals surface area (Å²) < 4.78 is 7.86. The number of amides is 1. The first-order chi connectivity index (χ1) is 19.1. The number of hydrogen-bond donors (Lipinski definition) is 3. The highest BCUT2D eigenvalue weighted by atomic mass is 16.5. The van der Waals surface area contributed by atoms with Crippen LogP contribution >= 0.6 is 0 Å². The number of aryl methyl sites for hydroxylation is 1. The number of likely N-dealkylation sites (N-methyl/N-ethyl adjacent to an activating group) is 1. The van der Waals surface area contributed by atoms with Gasteiger partial charge >= 0.3 is 0 Å². The number of rotatable bonds is 11. The molecule has 2 heterocycles. The second kappa shape index (κ2) is 12.2. The van der Waals surface area contributed by atoms with Crippen LogP contribution in [0.15, 0.2) is 61.6 Å². The number of benzene rings is 2. The average molecular weight is 543 g/mol. The van der Waals surface area contributed by atoms with E-state index in [1.165, 1.54) is 12.4 Å². The Morgan fingerprint density at radius 3 is 2.67 bits per heavy atom. The van der Waals surface area contributed by atoms with Gasteiger partial charge in [0.15, 0.2) is 0 Å². The Morgan fingerprint density at radius 1 is 1.15 bits per heavy atom. The smallest absolute Gasteiger partial charge is 0.247 e. The summed E-state index contributed by atoms with van der Waals surface area (Å²) in [6, 6.07) is 11.8. The van der Waals surface area contributed by atoms with E-state index in [4.69, 9.17) is 4.74 Å². The minimum absolute atomic E-state index is 0.00508. The number of carbonyl (C=O) groups is 1. The van der Waals surface area contributed by atoms with Crippen molar-refractivity contribution in [1.82, 2.24) is 25.1 Å². The van der Waals surface area contributed by atoms with Crippen LogP contribution in [0.1, 0.15) is 27.7 Å². The van der Waals surface area contributed by atoms with Gasteiger partial charge in [0.25, 0.3) is 0 Å². The lowest BCUT2D eigenvalue weighted by Crippen LogP contribution is -2.40. The Morgan fingerprint density at radius 2 is 1.95 bits per heavy atom. The SMILES string of the molecule is C=CC(=O)Nc1cc(Nc2cc(-c3ccc4c(cnn4C)c3)ncn2)c(OCC)cc1N(C)CCNC(C)(C)C. The maximum Gasteiger partial charge on any atom is 0.247 e. The van der Waals surface area contributed by atoms with Crippen LogP contribution in [0, 0.1) is 0 Å². The van der Waals surface area contributed by atoms with Crippen LogP contribution in [-0.4, -0.2) is 57.9 Å². The number of ether oxygens (including phenoxy) is 1. The molecule has 210 valence electrons. The first kappa shape index (κ1) is 28.6. The van der Waals surface area contributed by atoms with Crippen LogP contribution in [0.2, 0.25) is 0 Å². The highest BCUT2D eigenvalue weighted by Gasteiger charge is 2.17. The molecule has 0 fully saturated rings. The number of nitrogens with one attached hydrogen (secondary N) is 3. The molecular formula is C30H38N8O2. The Bertz CT molecular complexity index is 1510. The van der Waals surface area contributed by atoms with Gasteiger partial charge in [-0.2, -0.15) is 5.10 Å². The summed E-state index contributed by atoms with van der Waals surface area (Å²) in [5.74, 6) is 0.933. The first-order valence-corrected chi connectivity index (χ1v) is 13.3. The van der Waals surface area contributed by atoms with Gasteiger partial charge < -0.3 is 25.6 Å². The van der Waals surface area contributed by atoms with E-state index in [9.17, 15) is 4.79 Å². The van der Waals surface area contributed by atoms with Gasteiger partial charge in [-0.1, -0.05) is 12.6 Å². The van der Waals surface area contributed by atoms with Crippen molar-refractivity contribution in [2.75, 3.05) is 42.3 Å². The number of anilines is 4. The summed E-state index contributed by atoms with van der Waals surface area (Å²) in [5.41, 5.74) is 4.90. The molecule has 0 aliphatic carbocycles. The molecule has 3 N–H and O–H groups in total. The third kappa shape index (κ3) is 6.95. The largest absolute Gasteiger partial charge is 0.492 e. The molecule has 0 aliphatic rings. The van der Waals surface area contributed by atoms with Gasteiger partial charge in [0.1, 0.15) is 17.9 Å². The van der Waals surface area contributed by atoms with Crippen molar-refractivity contribution in [2.45, 2.75) is 33.2 Å². The van der Waals surface area contributed by atoms with E-state index in [2.05, 4.69) is 69.3 Å². The molecule has 4 rings (SSSR count). The molecule has 0 unspecified atom stereocenters. The fraction of sp³-hybridized carbons (Fsp3) is 0.333. The second-order valence-corrected chi connectivity index (χ2v) is 10.5. The van der Waals surface area contributed by atoms with Crippen LogP contribution in [0.4, 0.5) is 22.9 Å². The molecule has 10 heteroatoms. The number of carbonyl (C=O) groups excluding carboxylic acids is 1. The number of fused-ring (bicyclic) bond motifs is 1. The molecule has 0 radical (unpaired) electrons. The van der Waals surface area contributed by atoms with Crippen molar-refractivity contribution >= 4 is 39.7 Å². The van der Waals surface area contributed by atoms with E-state index >= 15 is 0 Å². The summed E-state index contributed by atoms with van der Waals surface area (Å²) >= 11 is 0. The van der Waals surface area contributed by atoms with E-state index in [0.29, 0.717) is 29.5 Å². The predicted octanol–water partition coefficient (Wildman–Crippen LogP) is 5.12. The van der Waals surface area contributed by atoms with E-state index < -0.39 is 0 Å². The summed E-state index contributed by atoms with van der Waals surface area (Å²) in [5, 5.41) is 15.2. The fourth-order valence-electron chi connectivity index (χ4n) is 4.30. The average Bonchev–Trinajstić information content (AvgIpc) is 3.29. The molecule has 0 saturated heterocycles. The van der Waals surface area contributed by atoms with Crippen molar-refractivity contribution in [3.05, 3.63) is 61.6 Å². The van der Waals surface area contributed by atoms with Crippen LogP contribution in [-0.2, 0) is 11.8 Å². The summed E-state index contributed by atoms with van der Waals surface area (Å²) in [6.45, 7) is 13.9. The molecule has 0 saturated carbocycles. The molecule has 10 nitrogen and oxygen atoms in total. The molecule has 0 spiro atoms. The normalized spacial score (nSPS) is 11.3. The Hall–Kier alpha value is -4.44. The monoisotopic (exact) mass is 542 g/mol. The molecule has 0 bridgehead atoms. The van der Waals surface area contributed by atoms with Crippen molar-refractivity contribution in [3.63, 3.8) is 0 Å². The van der Waals surface area contributed by atoms with Crippen LogP contribution < -0.4 is 25.6 Å². The highest BCUT2D eigenvalue weighted by molar-refractivity contribution is 6.02. The lowest BCUT2D eigenvalue weighted by molar-refractivity contribution is -0.111. The molecular weight excluding hydrogens is 504 g/mol. The van der Waals surface area contributed by atoms with E-state index in [-0.39, 0.29) is 11.4 Å². The van der Waals surface area contributed by atoms with E-state index in [0.717, 1.165) is 40.9 Å². The topological polar surface area (TPSA) is 109 Å². The number of hydrogen-bond acceptors (Lipinski definition) is 8. The predicted molar refractivity (Wildman–Crippen MR) is 162 cm³/mol. The number of nitrogens with zero attached hydrogens (tertiary/aromatic N) is 5. The van der Waals surface area contributed by atoms with Gasteiger partial charge in [0, 0.05) is 55.8 Å². The third-order valence-electron chi connectivity index (χ3n) is 6.33. The zero-order chi connectivity index (χ0) is 28.9. The maximum atomic E-state index is 12.3. The molecule has 0 atom stereocenters. The van der Waals surface area contributed by atoms with Crippen LogP contribution in [0.25, 0.3) is 22.2 Å². The zero-order valence-corrected chi connectivity index (χ0v) is 24.1. The van der Waals surface area contributed by atoms with E-state index in [1.807, 2.05) is 62.2 Å². The lowest BCUT2D eigenvalue weighted by Gasteiger charge is -2.27. The minimum Gasteiger partial charge on any atom is -0.492 e. The molecule has 2 aromatic heterocycles. The summed E-state index contributed by atoms with van der Waals surface area (Å²) in [7, 11) is 3.91. The second-order valence-electron chi connectivity index (χ2n) is 10.5. The Kier molecular flexibility index (Phi) is 8.69. The fourth-order valence-corrected chi connectivity index (χ4v) is 4.30. The summed E-state index contributed by atoms with van der Waals surface area (Å²) in [6.07, 6.45) is 4.62. The van der Waals surface area contributed by atoms with Gasteiger partial charge in [-0.05, 0) is 52.0 Å². The Labute approximate surface area is 235 Å². The molecule has 40 heavy (non-hydrogen) atoms. The molecule has 2 aromatic carbocycles. The van der Waals surface area contributed by atoms with E-state index in [1.54, 1.807) is 0 Å². The Balaban J connectivity index is 1.66.